The summed E-state index contributed by atoms with van der Waals surface area (Å²) < 4.78 is 5.87. The Morgan fingerprint density at radius 2 is 2.27 bits per heavy atom. The molecular weight excluding hydrogens is 328 g/mol. The van der Waals surface area contributed by atoms with E-state index in [2.05, 4.69) is 15.5 Å². The van der Waals surface area contributed by atoms with Crippen molar-refractivity contribution in [1.29, 1.82) is 0 Å². The fourth-order valence-electron chi connectivity index (χ4n) is 2.73. The molecule has 1 spiro atoms. The highest BCUT2D eigenvalue weighted by Gasteiger charge is 2.52. The largest absolute Gasteiger partial charge is 0.437 e. The topological polar surface area (TPSA) is 87.3 Å². The Labute approximate surface area is 134 Å². The number of rotatable bonds is 2. The van der Waals surface area contributed by atoms with Crippen LogP contribution in [0.4, 0.5) is 4.79 Å². The highest BCUT2D eigenvalue weighted by atomic mass is 35.5. The fraction of sp³-hybridized carbons (Fsp3) is 0.308. The quantitative estimate of drug-likeness (QED) is 0.873. The molecule has 0 radical (unpaired) electrons. The predicted octanol–water partition coefficient (Wildman–Crippen LogP) is 1.73. The van der Waals surface area contributed by atoms with Gasteiger partial charge in [-0.2, -0.15) is 5.10 Å². The van der Waals surface area contributed by atoms with Gasteiger partial charge in [0.1, 0.15) is 0 Å². The van der Waals surface area contributed by atoms with Crippen LogP contribution < -0.4 is 5.32 Å². The highest BCUT2D eigenvalue weighted by Crippen LogP contribution is 2.34. The lowest BCUT2D eigenvalue weighted by Gasteiger charge is -2.45. The second-order valence-electron chi connectivity index (χ2n) is 5.35. The van der Waals surface area contributed by atoms with E-state index < -0.39 is 11.7 Å². The number of ether oxygens (including phenoxy) is 1. The van der Waals surface area contributed by atoms with E-state index in [9.17, 15) is 9.59 Å². The van der Waals surface area contributed by atoms with Crippen LogP contribution >= 0.6 is 22.9 Å². The number of nitrogens with zero attached hydrogens (tertiary/aromatic N) is 2. The Morgan fingerprint density at radius 3 is 2.91 bits per heavy atom. The number of likely N-dealkylation sites (tertiary alicyclic amines) is 1. The fourth-order valence-corrected chi connectivity index (χ4v) is 3.78. The third-order valence-electron chi connectivity index (χ3n) is 3.80. The maximum absolute atomic E-state index is 12.6. The van der Waals surface area contributed by atoms with E-state index in [0.29, 0.717) is 35.2 Å². The van der Waals surface area contributed by atoms with Crippen molar-refractivity contribution in [2.24, 2.45) is 0 Å². The molecule has 0 aliphatic carbocycles. The second-order valence-corrected chi connectivity index (χ2v) is 7.06. The normalized spacial score (nSPS) is 19.0. The summed E-state index contributed by atoms with van der Waals surface area (Å²) in [6.45, 7) is 1.22. The first-order chi connectivity index (χ1) is 10.6. The summed E-state index contributed by atoms with van der Waals surface area (Å²) in [6.07, 6.45) is 1.08. The van der Waals surface area contributed by atoms with Gasteiger partial charge in [0.25, 0.3) is 5.91 Å². The Balaban J connectivity index is 1.53. The van der Waals surface area contributed by atoms with Crippen molar-refractivity contribution in [2.75, 3.05) is 19.6 Å². The minimum Gasteiger partial charge on any atom is -0.437 e. The van der Waals surface area contributed by atoms with Crippen LogP contribution in [0.1, 0.15) is 10.4 Å². The van der Waals surface area contributed by atoms with Gasteiger partial charge in [0.15, 0.2) is 5.60 Å². The summed E-state index contributed by atoms with van der Waals surface area (Å²) in [5.74, 6) is -0.137. The molecule has 2 N–H and O–H groups in total. The molecule has 2 aromatic rings. The predicted molar refractivity (Wildman–Crippen MR) is 80.0 cm³/mol. The number of hydrogen-bond acceptors (Lipinski definition) is 5. The molecule has 4 heterocycles. The molecule has 114 valence electrons. The third-order valence-corrected chi connectivity index (χ3v) is 5.05. The van der Waals surface area contributed by atoms with Crippen LogP contribution in [0.3, 0.4) is 0 Å². The molecule has 2 aromatic heterocycles. The van der Waals surface area contributed by atoms with Gasteiger partial charge < -0.3 is 15.0 Å². The molecule has 2 amide bonds. The van der Waals surface area contributed by atoms with Gasteiger partial charge in [0, 0.05) is 0 Å². The van der Waals surface area contributed by atoms with E-state index in [-0.39, 0.29) is 5.91 Å². The molecule has 2 fully saturated rings. The minimum absolute atomic E-state index is 0.137. The highest BCUT2D eigenvalue weighted by molar-refractivity contribution is 7.19. The van der Waals surface area contributed by atoms with Crippen molar-refractivity contribution >= 4 is 34.9 Å². The zero-order valence-electron chi connectivity index (χ0n) is 11.3. The van der Waals surface area contributed by atoms with E-state index in [1.807, 2.05) is 6.07 Å². The van der Waals surface area contributed by atoms with Crippen LogP contribution in [-0.4, -0.2) is 52.3 Å². The standard InChI is InChI=1S/C13H11ClN4O3S/c14-9-2-1-8(22-9)10-7(3-16-17-10)11(19)18-5-13(6-18)4-15-12(20)21-13/h1-3H,4-6H2,(H,15,20)(H,16,17). The lowest BCUT2D eigenvalue weighted by Crippen LogP contribution is -2.65. The summed E-state index contributed by atoms with van der Waals surface area (Å²) in [6, 6.07) is 3.62. The van der Waals surface area contributed by atoms with Crippen molar-refractivity contribution in [1.82, 2.24) is 20.4 Å². The Bertz CT molecular complexity index is 765. The summed E-state index contributed by atoms with van der Waals surface area (Å²) in [7, 11) is 0. The van der Waals surface area contributed by atoms with E-state index in [4.69, 9.17) is 16.3 Å². The van der Waals surface area contributed by atoms with Crippen molar-refractivity contribution < 1.29 is 14.3 Å². The van der Waals surface area contributed by atoms with Crippen molar-refractivity contribution in [2.45, 2.75) is 5.60 Å². The lowest BCUT2D eigenvalue weighted by molar-refractivity contribution is -0.0575. The number of nitrogens with one attached hydrogen (secondary N) is 2. The summed E-state index contributed by atoms with van der Waals surface area (Å²) in [4.78, 5) is 26.2. The van der Waals surface area contributed by atoms with Crippen LogP contribution in [-0.2, 0) is 4.74 Å². The average Bonchev–Trinajstić information content (AvgIpc) is 3.14. The summed E-state index contributed by atoms with van der Waals surface area (Å²) in [5.41, 5.74) is 0.582. The molecule has 2 saturated heterocycles. The molecule has 0 aromatic carbocycles. The maximum atomic E-state index is 12.6. The molecule has 9 heteroatoms. The third kappa shape index (κ3) is 2.06. The molecule has 2 aliphatic heterocycles. The van der Waals surface area contributed by atoms with Crippen LogP contribution in [0.2, 0.25) is 4.34 Å². The van der Waals surface area contributed by atoms with Crippen LogP contribution in [0, 0.1) is 0 Å². The van der Waals surface area contributed by atoms with Crippen LogP contribution in [0.15, 0.2) is 18.3 Å². The number of aromatic amines is 1. The van der Waals surface area contributed by atoms with Crippen LogP contribution in [0.5, 0.6) is 0 Å². The molecule has 0 saturated carbocycles. The van der Waals surface area contributed by atoms with E-state index in [1.165, 1.54) is 17.5 Å². The van der Waals surface area contributed by atoms with Crippen molar-refractivity contribution in [3.63, 3.8) is 0 Å². The Hall–Kier alpha value is -2.06. The molecule has 7 nitrogen and oxygen atoms in total. The lowest BCUT2D eigenvalue weighted by atomic mass is 9.93. The van der Waals surface area contributed by atoms with Gasteiger partial charge in [0.05, 0.1) is 46.3 Å². The number of carbonyl (C=O) groups excluding carboxylic acids is 2. The van der Waals surface area contributed by atoms with Gasteiger partial charge in [-0.1, -0.05) is 11.6 Å². The summed E-state index contributed by atoms with van der Waals surface area (Å²) >= 11 is 7.32. The van der Waals surface area contributed by atoms with Gasteiger partial charge in [-0.25, -0.2) is 4.79 Å². The van der Waals surface area contributed by atoms with Gasteiger partial charge in [-0.15, -0.1) is 11.3 Å². The molecule has 22 heavy (non-hydrogen) atoms. The van der Waals surface area contributed by atoms with Crippen molar-refractivity contribution in [3.8, 4) is 10.6 Å². The van der Waals surface area contributed by atoms with Gasteiger partial charge in [-0.05, 0) is 12.1 Å². The molecule has 0 bridgehead atoms. The molecule has 0 atom stereocenters. The van der Waals surface area contributed by atoms with Gasteiger partial charge in [-0.3, -0.25) is 9.89 Å². The maximum Gasteiger partial charge on any atom is 0.408 e. The zero-order valence-corrected chi connectivity index (χ0v) is 12.8. The number of H-pyrrole nitrogens is 1. The average molecular weight is 339 g/mol. The van der Waals surface area contributed by atoms with Crippen molar-refractivity contribution in [3.05, 3.63) is 28.2 Å². The van der Waals surface area contributed by atoms with E-state index in [1.54, 1.807) is 11.0 Å². The van der Waals surface area contributed by atoms with E-state index >= 15 is 0 Å². The number of aromatic nitrogens is 2. The number of carbonyl (C=O) groups is 2. The Kier molecular flexibility index (Phi) is 2.92. The number of alkyl carbamates (subject to hydrolysis) is 1. The smallest absolute Gasteiger partial charge is 0.408 e. The second kappa shape index (κ2) is 4.72. The molecule has 4 rings (SSSR count). The first-order valence-corrected chi connectivity index (χ1v) is 7.81. The molecule has 0 unspecified atom stereocenters. The van der Waals surface area contributed by atoms with Crippen LogP contribution in [0.25, 0.3) is 10.6 Å². The van der Waals surface area contributed by atoms with E-state index in [0.717, 1.165) is 4.88 Å². The molecular formula is C13H11ClN4O3S. The number of thiophene rings is 1. The number of halogens is 1. The first-order valence-electron chi connectivity index (χ1n) is 6.62. The van der Waals surface area contributed by atoms with Gasteiger partial charge >= 0.3 is 6.09 Å². The zero-order chi connectivity index (χ0) is 15.3. The Morgan fingerprint density at radius 1 is 1.45 bits per heavy atom. The monoisotopic (exact) mass is 338 g/mol. The number of hydrogen-bond donors (Lipinski definition) is 2. The van der Waals surface area contributed by atoms with Gasteiger partial charge in [0.2, 0.25) is 0 Å². The minimum atomic E-state index is -0.567. The SMILES string of the molecule is O=C1NCC2(CN(C(=O)c3cn[nH]c3-c3ccc(Cl)s3)C2)O1. The summed E-state index contributed by atoms with van der Waals surface area (Å²) in [5, 5.41) is 9.42. The molecule has 2 aliphatic rings. The first kappa shape index (κ1) is 13.6. The number of amides is 2.